The molecule has 58 valence electrons. The lowest BCUT2D eigenvalue weighted by Crippen LogP contribution is -2.31. The number of hydrogen-bond acceptors (Lipinski definition) is 1. The number of hydrogen-bond donors (Lipinski definition) is 1. The quantitative estimate of drug-likeness (QED) is 0.550. The van der Waals surface area contributed by atoms with Crippen molar-refractivity contribution < 1.29 is 8.78 Å². The summed E-state index contributed by atoms with van der Waals surface area (Å²) >= 11 is 0. The summed E-state index contributed by atoms with van der Waals surface area (Å²) in [6.45, 7) is 0. The van der Waals surface area contributed by atoms with Gasteiger partial charge in [-0.25, -0.2) is 8.78 Å². The van der Waals surface area contributed by atoms with Crippen LogP contribution in [0.2, 0.25) is 0 Å². The Morgan fingerprint density at radius 1 is 1.30 bits per heavy atom. The number of rotatable bonds is 0. The monoisotopic (exact) mass is 147 g/mol. The zero-order chi connectivity index (χ0) is 7.35. The number of halogens is 2. The summed E-state index contributed by atoms with van der Waals surface area (Å²) in [6.07, 6.45) is 1.86. The smallest absolute Gasteiger partial charge is 0.255 e. The van der Waals surface area contributed by atoms with E-state index in [-0.39, 0.29) is 6.04 Å². The first-order valence-corrected chi connectivity index (χ1v) is 3.75. The van der Waals surface area contributed by atoms with Gasteiger partial charge in [0.2, 0.25) is 0 Å². The van der Waals surface area contributed by atoms with E-state index in [0.717, 1.165) is 0 Å². The Morgan fingerprint density at radius 2 is 2.00 bits per heavy atom. The van der Waals surface area contributed by atoms with Crippen LogP contribution in [-0.4, -0.2) is 12.0 Å². The molecule has 0 heterocycles. The second-order valence-electron chi connectivity index (χ2n) is 3.45. The van der Waals surface area contributed by atoms with Gasteiger partial charge in [-0.15, -0.1) is 0 Å². The molecule has 2 aliphatic rings. The molecule has 3 atom stereocenters. The zero-order valence-electron chi connectivity index (χ0n) is 5.69. The molecule has 2 rings (SSSR count). The molecule has 0 spiro atoms. The van der Waals surface area contributed by atoms with Crippen molar-refractivity contribution >= 4 is 0 Å². The third-order valence-corrected chi connectivity index (χ3v) is 2.94. The van der Waals surface area contributed by atoms with Crippen LogP contribution in [0.1, 0.15) is 19.3 Å². The molecule has 0 aliphatic heterocycles. The van der Waals surface area contributed by atoms with E-state index >= 15 is 0 Å². The normalized spacial score (nSPS) is 50.1. The van der Waals surface area contributed by atoms with Crippen molar-refractivity contribution in [2.24, 2.45) is 17.6 Å². The van der Waals surface area contributed by atoms with Gasteiger partial charge in [0, 0.05) is 17.9 Å². The zero-order valence-corrected chi connectivity index (χ0v) is 5.69. The summed E-state index contributed by atoms with van der Waals surface area (Å²) in [7, 11) is 0. The summed E-state index contributed by atoms with van der Waals surface area (Å²) in [5, 5.41) is 0. The van der Waals surface area contributed by atoms with Crippen LogP contribution in [0.25, 0.3) is 0 Å². The standard InChI is InChI=1S/C7H11F2N/c8-7(9)4-1-2-5(7)6(10)3-4/h4-6H,1-3,10H2. The number of fused-ring (bicyclic) bond motifs is 2. The van der Waals surface area contributed by atoms with Crippen molar-refractivity contribution in [1.82, 2.24) is 0 Å². The van der Waals surface area contributed by atoms with Gasteiger partial charge in [0.1, 0.15) is 0 Å². The fourth-order valence-corrected chi connectivity index (χ4v) is 2.34. The molecule has 10 heavy (non-hydrogen) atoms. The van der Waals surface area contributed by atoms with Crippen molar-refractivity contribution in [1.29, 1.82) is 0 Å². The van der Waals surface area contributed by atoms with Gasteiger partial charge in [0.05, 0.1) is 0 Å². The maximum absolute atomic E-state index is 13.0. The Kier molecular flexibility index (Phi) is 1.11. The first-order chi connectivity index (χ1) is 4.62. The van der Waals surface area contributed by atoms with Gasteiger partial charge in [-0.2, -0.15) is 0 Å². The third kappa shape index (κ3) is 0.590. The fourth-order valence-electron chi connectivity index (χ4n) is 2.34. The molecule has 0 aromatic heterocycles. The second-order valence-corrected chi connectivity index (χ2v) is 3.45. The molecule has 1 nitrogen and oxygen atoms in total. The molecule has 2 aliphatic carbocycles. The van der Waals surface area contributed by atoms with E-state index in [1.54, 1.807) is 0 Å². The average Bonchev–Trinajstić information content (AvgIpc) is 2.20. The van der Waals surface area contributed by atoms with Crippen molar-refractivity contribution in [3.8, 4) is 0 Å². The predicted molar refractivity (Wildman–Crippen MR) is 33.8 cm³/mol. The molecule has 2 bridgehead atoms. The molecular weight excluding hydrogens is 136 g/mol. The first-order valence-electron chi connectivity index (χ1n) is 3.75. The Labute approximate surface area is 58.6 Å². The lowest BCUT2D eigenvalue weighted by atomic mass is 9.96. The van der Waals surface area contributed by atoms with Gasteiger partial charge >= 0.3 is 0 Å². The highest BCUT2D eigenvalue weighted by molar-refractivity contribution is 5.04. The van der Waals surface area contributed by atoms with Gasteiger partial charge in [0.15, 0.2) is 0 Å². The minimum absolute atomic E-state index is 0.228. The van der Waals surface area contributed by atoms with Gasteiger partial charge in [-0.1, -0.05) is 0 Å². The topological polar surface area (TPSA) is 26.0 Å². The van der Waals surface area contributed by atoms with Crippen LogP contribution in [0, 0.1) is 11.8 Å². The van der Waals surface area contributed by atoms with Crippen molar-refractivity contribution in [2.75, 3.05) is 0 Å². The summed E-state index contributed by atoms with van der Waals surface area (Å²) in [6, 6.07) is -0.228. The van der Waals surface area contributed by atoms with E-state index in [1.807, 2.05) is 0 Å². The summed E-state index contributed by atoms with van der Waals surface area (Å²) in [5.41, 5.74) is 5.52. The molecule has 3 heteroatoms. The molecule has 0 saturated heterocycles. The Morgan fingerprint density at radius 3 is 2.20 bits per heavy atom. The minimum atomic E-state index is -2.43. The van der Waals surface area contributed by atoms with Crippen LogP contribution >= 0.6 is 0 Å². The highest BCUT2D eigenvalue weighted by atomic mass is 19.3. The molecule has 0 radical (unpaired) electrons. The molecule has 2 saturated carbocycles. The van der Waals surface area contributed by atoms with Gasteiger partial charge < -0.3 is 5.73 Å². The predicted octanol–water partition coefficient (Wildman–Crippen LogP) is 1.38. The van der Waals surface area contributed by atoms with Crippen LogP contribution < -0.4 is 5.73 Å². The number of nitrogens with two attached hydrogens (primary N) is 1. The maximum Gasteiger partial charge on any atom is 0.255 e. The molecule has 3 unspecified atom stereocenters. The lowest BCUT2D eigenvalue weighted by Gasteiger charge is -2.16. The van der Waals surface area contributed by atoms with E-state index < -0.39 is 17.8 Å². The van der Waals surface area contributed by atoms with Crippen molar-refractivity contribution in [2.45, 2.75) is 31.2 Å². The first kappa shape index (κ1) is 6.53. The highest BCUT2D eigenvalue weighted by Crippen LogP contribution is 2.54. The van der Waals surface area contributed by atoms with Crippen LogP contribution in [0.5, 0.6) is 0 Å². The molecule has 0 aromatic carbocycles. The average molecular weight is 147 g/mol. The van der Waals surface area contributed by atoms with Gasteiger partial charge in [0.25, 0.3) is 5.92 Å². The van der Waals surface area contributed by atoms with Crippen molar-refractivity contribution in [3.05, 3.63) is 0 Å². The fraction of sp³-hybridized carbons (Fsp3) is 1.00. The Hall–Kier alpha value is -0.180. The van der Waals surface area contributed by atoms with E-state index in [9.17, 15) is 8.78 Å². The SMILES string of the molecule is NC1CC2CCC1C2(F)F. The largest absolute Gasteiger partial charge is 0.327 e. The maximum atomic E-state index is 13.0. The minimum Gasteiger partial charge on any atom is -0.327 e. The van der Waals surface area contributed by atoms with E-state index in [4.69, 9.17) is 5.73 Å². The van der Waals surface area contributed by atoms with Crippen LogP contribution in [0.15, 0.2) is 0 Å². The molecular formula is C7H11F2N. The number of alkyl halides is 2. The van der Waals surface area contributed by atoms with E-state index in [0.29, 0.717) is 19.3 Å². The summed E-state index contributed by atoms with van der Waals surface area (Å²) in [5.74, 6) is -3.33. The third-order valence-electron chi connectivity index (χ3n) is 2.94. The molecule has 0 aromatic rings. The highest BCUT2D eigenvalue weighted by Gasteiger charge is 2.59. The van der Waals surface area contributed by atoms with Crippen LogP contribution in [0.3, 0.4) is 0 Å². The molecule has 2 fully saturated rings. The van der Waals surface area contributed by atoms with Crippen LogP contribution in [0.4, 0.5) is 8.78 Å². The van der Waals surface area contributed by atoms with Gasteiger partial charge in [-0.05, 0) is 19.3 Å². The van der Waals surface area contributed by atoms with Crippen molar-refractivity contribution in [3.63, 3.8) is 0 Å². The summed E-state index contributed by atoms with van der Waals surface area (Å²) < 4.78 is 25.9. The molecule has 0 amide bonds. The molecule has 2 N–H and O–H groups in total. The summed E-state index contributed by atoms with van der Waals surface area (Å²) in [4.78, 5) is 0. The van der Waals surface area contributed by atoms with Gasteiger partial charge in [-0.3, -0.25) is 0 Å². The Bertz CT molecular complexity index is 158. The van der Waals surface area contributed by atoms with E-state index in [1.165, 1.54) is 0 Å². The second kappa shape index (κ2) is 1.70. The Balaban J connectivity index is 2.27. The van der Waals surface area contributed by atoms with Crippen LogP contribution in [-0.2, 0) is 0 Å². The van der Waals surface area contributed by atoms with E-state index in [2.05, 4.69) is 0 Å². The lowest BCUT2D eigenvalue weighted by molar-refractivity contribution is -0.0463.